The summed E-state index contributed by atoms with van der Waals surface area (Å²) in [6.45, 7) is 2.87. The van der Waals surface area contributed by atoms with Crippen molar-refractivity contribution < 1.29 is 0 Å². The van der Waals surface area contributed by atoms with Gasteiger partial charge in [-0.15, -0.1) is 0 Å². The van der Waals surface area contributed by atoms with E-state index < -0.39 is 0 Å². The molecule has 0 bridgehead atoms. The summed E-state index contributed by atoms with van der Waals surface area (Å²) in [5.74, 6) is 0.681. The average molecular weight is 228 g/mol. The molecule has 4 heteroatoms. The molecule has 0 aliphatic rings. The molecule has 0 unspecified atom stereocenters. The van der Waals surface area contributed by atoms with E-state index in [1.165, 1.54) is 11.1 Å². The predicted molar refractivity (Wildman–Crippen MR) is 69.7 cm³/mol. The van der Waals surface area contributed by atoms with Gasteiger partial charge in [0.1, 0.15) is 0 Å². The van der Waals surface area contributed by atoms with Crippen molar-refractivity contribution in [2.24, 2.45) is 0 Å². The summed E-state index contributed by atoms with van der Waals surface area (Å²) >= 11 is 0. The minimum Gasteiger partial charge on any atom is -0.396 e. The lowest BCUT2D eigenvalue weighted by Crippen LogP contribution is -2.19. The van der Waals surface area contributed by atoms with Crippen molar-refractivity contribution in [1.29, 1.82) is 0 Å². The molecule has 0 aliphatic carbocycles. The predicted octanol–water partition coefficient (Wildman–Crippen LogP) is 2.00. The number of aromatic nitrogens is 2. The van der Waals surface area contributed by atoms with Gasteiger partial charge >= 0.3 is 0 Å². The maximum absolute atomic E-state index is 5.56. The van der Waals surface area contributed by atoms with E-state index in [4.69, 9.17) is 5.73 Å². The van der Waals surface area contributed by atoms with E-state index in [0.29, 0.717) is 11.6 Å². The van der Waals surface area contributed by atoms with E-state index >= 15 is 0 Å². The summed E-state index contributed by atoms with van der Waals surface area (Å²) < 4.78 is 0. The van der Waals surface area contributed by atoms with Gasteiger partial charge in [-0.05, 0) is 12.5 Å². The second kappa shape index (κ2) is 4.82. The number of benzene rings is 1. The van der Waals surface area contributed by atoms with Crippen LogP contribution in [0.25, 0.3) is 0 Å². The average Bonchev–Trinajstić information content (AvgIpc) is 2.29. The normalized spacial score (nSPS) is 10.2. The Bertz CT molecular complexity index is 493. The summed E-state index contributed by atoms with van der Waals surface area (Å²) in [7, 11) is 1.97. The third-order valence-electron chi connectivity index (χ3n) is 2.50. The maximum atomic E-state index is 5.56. The second-order valence-electron chi connectivity index (χ2n) is 4.16. The Morgan fingerprint density at radius 2 is 1.94 bits per heavy atom. The highest BCUT2D eigenvalue weighted by Crippen LogP contribution is 2.11. The number of rotatable bonds is 3. The molecule has 0 atom stereocenters. The van der Waals surface area contributed by atoms with E-state index in [2.05, 4.69) is 41.2 Å². The lowest BCUT2D eigenvalue weighted by atomic mass is 10.1. The topological polar surface area (TPSA) is 55.0 Å². The lowest BCUT2D eigenvalue weighted by Gasteiger charge is -2.17. The molecule has 1 heterocycles. The molecule has 88 valence electrons. The summed E-state index contributed by atoms with van der Waals surface area (Å²) in [6.07, 6.45) is 3.24. The van der Waals surface area contributed by atoms with Crippen LogP contribution in [0, 0.1) is 6.92 Å². The van der Waals surface area contributed by atoms with Gasteiger partial charge in [0.15, 0.2) is 0 Å². The SMILES string of the molecule is Cc1cccc(CN(C)c2ncc(N)cn2)c1. The quantitative estimate of drug-likeness (QED) is 0.873. The molecule has 2 aromatic rings. The third-order valence-corrected chi connectivity index (χ3v) is 2.50. The molecule has 0 saturated heterocycles. The minimum atomic E-state index is 0.581. The van der Waals surface area contributed by atoms with Gasteiger partial charge in [-0.25, -0.2) is 9.97 Å². The van der Waals surface area contributed by atoms with Crippen LogP contribution in [0.15, 0.2) is 36.7 Å². The standard InChI is InChI=1S/C13H16N4/c1-10-4-3-5-11(6-10)9-17(2)13-15-7-12(14)8-16-13/h3-8H,9,14H2,1-2H3. The number of nitrogen functional groups attached to an aromatic ring is 1. The first-order chi connectivity index (χ1) is 8.15. The Balaban J connectivity index is 2.11. The number of nitrogens with zero attached hydrogens (tertiary/aromatic N) is 3. The van der Waals surface area contributed by atoms with Crippen LogP contribution in [0.1, 0.15) is 11.1 Å². The molecule has 2 rings (SSSR count). The van der Waals surface area contributed by atoms with Crippen molar-refractivity contribution in [3.05, 3.63) is 47.8 Å². The van der Waals surface area contributed by atoms with Crippen LogP contribution in [0.5, 0.6) is 0 Å². The molecular weight excluding hydrogens is 212 g/mol. The van der Waals surface area contributed by atoms with Crippen molar-refractivity contribution in [2.45, 2.75) is 13.5 Å². The number of hydrogen-bond acceptors (Lipinski definition) is 4. The van der Waals surface area contributed by atoms with Crippen molar-refractivity contribution in [3.63, 3.8) is 0 Å². The van der Waals surface area contributed by atoms with Crippen LogP contribution in [-0.4, -0.2) is 17.0 Å². The van der Waals surface area contributed by atoms with Gasteiger partial charge in [-0.3, -0.25) is 0 Å². The number of aryl methyl sites for hydroxylation is 1. The number of anilines is 2. The van der Waals surface area contributed by atoms with Crippen LogP contribution in [0.2, 0.25) is 0 Å². The number of nitrogens with two attached hydrogens (primary N) is 1. The van der Waals surface area contributed by atoms with Crippen LogP contribution >= 0.6 is 0 Å². The molecule has 0 aliphatic heterocycles. The van der Waals surface area contributed by atoms with Crippen molar-refractivity contribution in [3.8, 4) is 0 Å². The van der Waals surface area contributed by atoms with E-state index in [1.807, 2.05) is 11.9 Å². The largest absolute Gasteiger partial charge is 0.396 e. The minimum absolute atomic E-state index is 0.581. The Morgan fingerprint density at radius 3 is 2.59 bits per heavy atom. The smallest absolute Gasteiger partial charge is 0.225 e. The fourth-order valence-corrected chi connectivity index (χ4v) is 1.68. The van der Waals surface area contributed by atoms with Crippen molar-refractivity contribution >= 4 is 11.6 Å². The molecule has 0 spiro atoms. The Hall–Kier alpha value is -2.10. The molecular formula is C13H16N4. The van der Waals surface area contributed by atoms with Gasteiger partial charge in [0, 0.05) is 13.6 Å². The van der Waals surface area contributed by atoms with Crippen LogP contribution in [0.4, 0.5) is 11.6 Å². The van der Waals surface area contributed by atoms with Gasteiger partial charge in [0.25, 0.3) is 0 Å². The molecule has 4 nitrogen and oxygen atoms in total. The van der Waals surface area contributed by atoms with E-state index in [0.717, 1.165) is 6.54 Å². The molecule has 17 heavy (non-hydrogen) atoms. The summed E-state index contributed by atoms with van der Waals surface area (Å²) in [5.41, 5.74) is 8.64. The van der Waals surface area contributed by atoms with Gasteiger partial charge < -0.3 is 10.6 Å². The highest BCUT2D eigenvalue weighted by Gasteiger charge is 2.04. The van der Waals surface area contributed by atoms with E-state index in [1.54, 1.807) is 12.4 Å². The zero-order valence-corrected chi connectivity index (χ0v) is 10.1. The highest BCUT2D eigenvalue weighted by atomic mass is 15.2. The first kappa shape index (κ1) is 11.4. The van der Waals surface area contributed by atoms with Crippen LogP contribution in [-0.2, 0) is 6.54 Å². The Morgan fingerprint density at radius 1 is 1.24 bits per heavy atom. The monoisotopic (exact) mass is 228 g/mol. The maximum Gasteiger partial charge on any atom is 0.225 e. The molecule has 0 fully saturated rings. The lowest BCUT2D eigenvalue weighted by molar-refractivity contribution is 0.866. The molecule has 1 aromatic carbocycles. The molecule has 0 amide bonds. The summed E-state index contributed by atoms with van der Waals surface area (Å²) in [5, 5.41) is 0. The first-order valence-electron chi connectivity index (χ1n) is 5.49. The van der Waals surface area contributed by atoms with Gasteiger partial charge in [-0.1, -0.05) is 29.8 Å². The molecule has 0 saturated carbocycles. The fourth-order valence-electron chi connectivity index (χ4n) is 1.68. The summed E-state index contributed by atoms with van der Waals surface area (Å²) in [6, 6.07) is 8.40. The third kappa shape index (κ3) is 2.93. The zero-order chi connectivity index (χ0) is 12.3. The van der Waals surface area contributed by atoms with Gasteiger partial charge in [0.2, 0.25) is 5.95 Å². The first-order valence-corrected chi connectivity index (χ1v) is 5.49. The van der Waals surface area contributed by atoms with E-state index in [9.17, 15) is 0 Å². The van der Waals surface area contributed by atoms with Crippen LogP contribution in [0.3, 0.4) is 0 Å². The fraction of sp³-hybridized carbons (Fsp3) is 0.231. The Kier molecular flexibility index (Phi) is 3.23. The Labute approximate surface area is 101 Å². The van der Waals surface area contributed by atoms with E-state index in [-0.39, 0.29) is 0 Å². The van der Waals surface area contributed by atoms with Crippen molar-refractivity contribution in [2.75, 3.05) is 17.7 Å². The second-order valence-corrected chi connectivity index (χ2v) is 4.16. The zero-order valence-electron chi connectivity index (χ0n) is 10.1. The van der Waals surface area contributed by atoms with Gasteiger partial charge in [-0.2, -0.15) is 0 Å². The number of hydrogen-bond donors (Lipinski definition) is 1. The summed E-state index contributed by atoms with van der Waals surface area (Å²) in [4.78, 5) is 10.4. The molecule has 2 N–H and O–H groups in total. The molecule has 0 radical (unpaired) electrons. The van der Waals surface area contributed by atoms with Crippen molar-refractivity contribution in [1.82, 2.24) is 9.97 Å². The van der Waals surface area contributed by atoms with Crippen LogP contribution < -0.4 is 10.6 Å². The highest BCUT2D eigenvalue weighted by molar-refractivity contribution is 5.38. The molecule has 1 aromatic heterocycles. The van der Waals surface area contributed by atoms with Gasteiger partial charge in [0.05, 0.1) is 18.1 Å².